The van der Waals surface area contributed by atoms with E-state index >= 15 is 0 Å². The Kier molecular flexibility index (Phi) is 3.70. The first-order chi connectivity index (χ1) is 7.73. The van der Waals surface area contributed by atoms with Gasteiger partial charge in [-0.2, -0.15) is 13.2 Å². The van der Waals surface area contributed by atoms with E-state index in [1.165, 1.54) is 13.8 Å². The SMILES string of the molecule is CC(=O)C(C(C)=O)c1ccc(C(F)(F)F)cc1. The quantitative estimate of drug-likeness (QED) is 0.766. The van der Waals surface area contributed by atoms with Crippen molar-refractivity contribution in [1.82, 2.24) is 0 Å². The fraction of sp³-hybridized carbons (Fsp3) is 0.333. The molecule has 0 amide bonds. The van der Waals surface area contributed by atoms with Crippen LogP contribution in [0.15, 0.2) is 24.3 Å². The van der Waals surface area contributed by atoms with Gasteiger partial charge in [-0.3, -0.25) is 9.59 Å². The summed E-state index contributed by atoms with van der Waals surface area (Å²) in [4.78, 5) is 22.4. The summed E-state index contributed by atoms with van der Waals surface area (Å²) >= 11 is 0. The maximum atomic E-state index is 12.3. The van der Waals surface area contributed by atoms with Gasteiger partial charge in [0, 0.05) is 0 Å². The number of rotatable bonds is 3. The predicted octanol–water partition coefficient (Wildman–Crippen LogP) is 2.97. The largest absolute Gasteiger partial charge is 0.416 e. The molecule has 0 saturated heterocycles. The van der Waals surface area contributed by atoms with Gasteiger partial charge in [0.25, 0.3) is 0 Å². The third-order valence-corrected chi connectivity index (χ3v) is 2.38. The van der Waals surface area contributed by atoms with Crippen molar-refractivity contribution >= 4 is 11.6 Å². The highest BCUT2D eigenvalue weighted by Crippen LogP contribution is 2.30. The van der Waals surface area contributed by atoms with E-state index in [-0.39, 0.29) is 17.1 Å². The second-order valence-corrected chi connectivity index (χ2v) is 3.77. The molecule has 1 aromatic carbocycles. The van der Waals surface area contributed by atoms with Crippen molar-refractivity contribution < 1.29 is 22.8 Å². The summed E-state index contributed by atoms with van der Waals surface area (Å²) in [5.74, 6) is -1.73. The average molecular weight is 244 g/mol. The molecular formula is C12H11F3O2. The fourth-order valence-corrected chi connectivity index (χ4v) is 1.62. The monoisotopic (exact) mass is 244 g/mol. The number of alkyl halides is 3. The standard InChI is InChI=1S/C12H11F3O2/c1-7(16)11(8(2)17)9-3-5-10(6-4-9)12(13,14)15/h3-6,11H,1-2H3. The van der Waals surface area contributed by atoms with Crippen LogP contribution in [0.25, 0.3) is 0 Å². The molecule has 1 aromatic rings. The maximum Gasteiger partial charge on any atom is 0.416 e. The van der Waals surface area contributed by atoms with Crippen molar-refractivity contribution in [2.75, 3.05) is 0 Å². The lowest BCUT2D eigenvalue weighted by molar-refractivity contribution is -0.137. The Bertz CT molecular complexity index is 418. The molecule has 0 atom stereocenters. The van der Waals surface area contributed by atoms with E-state index in [2.05, 4.69) is 0 Å². The van der Waals surface area contributed by atoms with E-state index in [1.54, 1.807) is 0 Å². The zero-order chi connectivity index (χ0) is 13.2. The molecule has 0 spiro atoms. The van der Waals surface area contributed by atoms with Gasteiger partial charge in [0.15, 0.2) is 0 Å². The van der Waals surface area contributed by atoms with Crippen LogP contribution < -0.4 is 0 Å². The smallest absolute Gasteiger partial charge is 0.299 e. The van der Waals surface area contributed by atoms with Crippen molar-refractivity contribution in [3.63, 3.8) is 0 Å². The summed E-state index contributed by atoms with van der Waals surface area (Å²) in [6.07, 6.45) is -4.42. The number of carbonyl (C=O) groups is 2. The number of ketones is 2. The summed E-state index contributed by atoms with van der Waals surface area (Å²) in [5, 5.41) is 0. The van der Waals surface area contributed by atoms with Gasteiger partial charge in [-0.05, 0) is 31.5 Å². The van der Waals surface area contributed by atoms with E-state index in [4.69, 9.17) is 0 Å². The molecule has 0 unspecified atom stereocenters. The first-order valence-corrected chi connectivity index (χ1v) is 4.91. The van der Waals surface area contributed by atoms with E-state index in [0.717, 1.165) is 24.3 Å². The summed E-state index contributed by atoms with van der Waals surface area (Å²) in [6, 6.07) is 4.06. The molecular weight excluding hydrogens is 233 g/mol. The molecule has 0 N–H and O–H groups in total. The highest BCUT2D eigenvalue weighted by molar-refractivity contribution is 6.05. The van der Waals surface area contributed by atoms with Gasteiger partial charge in [-0.1, -0.05) is 12.1 Å². The highest BCUT2D eigenvalue weighted by Gasteiger charge is 2.31. The van der Waals surface area contributed by atoms with Crippen molar-refractivity contribution in [1.29, 1.82) is 0 Å². The van der Waals surface area contributed by atoms with Crippen LogP contribution in [0.3, 0.4) is 0 Å². The Balaban J connectivity index is 3.09. The summed E-state index contributed by atoms with van der Waals surface area (Å²) in [7, 11) is 0. The first-order valence-electron chi connectivity index (χ1n) is 4.91. The lowest BCUT2D eigenvalue weighted by atomic mass is 9.91. The molecule has 0 fully saturated rings. The van der Waals surface area contributed by atoms with Gasteiger partial charge in [-0.15, -0.1) is 0 Å². The molecule has 0 aliphatic heterocycles. The molecule has 92 valence electrons. The van der Waals surface area contributed by atoms with Crippen LogP contribution in [-0.2, 0) is 15.8 Å². The van der Waals surface area contributed by atoms with Gasteiger partial charge in [0.1, 0.15) is 17.5 Å². The number of hydrogen-bond acceptors (Lipinski definition) is 2. The number of hydrogen-bond donors (Lipinski definition) is 0. The minimum absolute atomic E-state index is 0.290. The zero-order valence-corrected chi connectivity index (χ0v) is 9.34. The first kappa shape index (κ1) is 13.4. The van der Waals surface area contributed by atoms with Crippen LogP contribution >= 0.6 is 0 Å². The average Bonchev–Trinajstić information content (AvgIpc) is 2.15. The van der Waals surface area contributed by atoms with Gasteiger partial charge >= 0.3 is 6.18 Å². The van der Waals surface area contributed by atoms with Crippen LogP contribution in [0.5, 0.6) is 0 Å². The Labute approximate surface area is 96.4 Å². The van der Waals surface area contributed by atoms with Gasteiger partial charge in [-0.25, -0.2) is 0 Å². The topological polar surface area (TPSA) is 34.1 Å². The molecule has 0 saturated carbocycles. The summed E-state index contributed by atoms with van der Waals surface area (Å²) in [6.45, 7) is 2.48. The third kappa shape index (κ3) is 3.15. The highest BCUT2D eigenvalue weighted by atomic mass is 19.4. The number of benzene rings is 1. The van der Waals surface area contributed by atoms with Crippen LogP contribution in [0, 0.1) is 0 Å². The van der Waals surface area contributed by atoms with Crippen molar-refractivity contribution in [3.05, 3.63) is 35.4 Å². The van der Waals surface area contributed by atoms with Crippen LogP contribution in [-0.4, -0.2) is 11.6 Å². The van der Waals surface area contributed by atoms with Crippen molar-refractivity contribution in [2.45, 2.75) is 25.9 Å². The molecule has 5 heteroatoms. The van der Waals surface area contributed by atoms with Gasteiger partial charge in [0.05, 0.1) is 5.56 Å². The van der Waals surface area contributed by atoms with Crippen molar-refractivity contribution in [3.8, 4) is 0 Å². The normalized spacial score (nSPS) is 11.6. The van der Waals surface area contributed by atoms with Gasteiger partial charge in [0.2, 0.25) is 0 Å². The van der Waals surface area contributed by atoms with Gasteiger partial charge < -0.3 is 0 Å². The molecule has 0 aliphatic rings. The Morgan fingerprint density at radius 1 is 1.00 bits per heavy atom. The molecule has 1 rings (SSSR count). The Morgan fingerprint density at radius 2 is 1.41 bits per heavy atom. The lowest BCUT2D eigenvalue weighted by Gasteiger charge is -2.12. The summed E-state index contributed by atoms with van der Waals surface area (Å²) < 4.78 is 36.9. The molecule has 0 radical (unpaired) electrons. The van der Waals surface area contributed by atoms with E-state index in [0.29, 0.717) is 0 Å². The van der Waals surface area contributed by atoms with Crippen molar-refractivity contribution in [2.24, 2.45) is 0 Å². The molecule has 0 bridgehead atoms. The fourth-order valence-electron chi connectivity index (χ4n) is 1.62. The van der Waals surface area contributed by atoms with Crippen LogP contribution in [0.2, 0.25) is 0 Å². The molecule has 2 nitrogen and oxygen atoms in total. The Hall–Kier alpha value is -1.65. The third-order valence-electron chi connectivity index (χ3n) is 2.38. The number of Topliss-reactive ketones (excluding diaryl/α,β-unsaturated/α-hetero) is 2. The number of halogens is 3. The van der Waals surface area contributed by atoms with E-state index in [1.807, 2.05) is 0 Å². The number of carbonyl (C=O) groups excluding carboxylic acids is 2. The minimum atomic E-state index is -4.42. The van der Waals surface area contributed by atoms with E-state index < -0.39 is 17.7 Å². The maximum absolute atomic E-state index is 12.3. The summed E-state index contributed by atoms with van der Waals surface area (Å²) in [5.41, 5.74) is -0.509. The van der Waals surface area contributed by atoms with Crippen LogP contribution in [0.4, 0.5) is 13.2 Å². The molecule has 0 aromatic heterocycles. The molecule has 0 aliphatic carbocycles. The zero-order valence-electron chi connectivity index (χ0n) is 9.34. The second-order valence-electron chi connectivity index (χ2n) is 3.77. The Morgan fingerprint density at radius 3 is 1.71 bits per heavy atom. The molecule has 0 heterocycles. The predicted molar refractivity (Wildman–Crippen MR) is 55.5 cm³/mol. The van der Waals surface area contributed by atoms with Crippen LogP contribution in [0.1, 0.15) is 30.9 Å². The molecule has 17 heavy (non-hydrogen) atoms. The lowest BCUT2D eigenvalue weighted by Crippen LogP contribution is -2.17. The minimum Gasteiger partial charge on any atom is -0.299 e. The van der Waals surface area contributed by atoms with E-state index in [9.17, 15) is 22.8 Å². The second kappa shape index (κ2) is 4.69.